The molecule has 1 aliphatic rings. The predicted octanol–water partition coefficient (Wildman–Crippen LogP) is 0.519. The van der Waals surface area contributed by atoms with Crippen molar-refractivity contribution >= 4 is 17.5 Å². The van der Waals surface area contributed by atoms with Crippen LogP contribution >= 0.6 is 0 Å². The van der Waals surface area contributed by atoms with Gasteiger partial charge in [-0.3, -0.25) is 14.4 Å². The highest BCUT2D eigenvalue weighted by Crippen LogP contribution is 2.25. The summed E-state index contributed by atoms with van der Waals surface area (Å²) < 4.78 is 4.89. The summed E-state index contributed by atoms with van der Waals surface area (Å²) in [6.07, 6.45) is 0.312. The second kappa shape index (κ2) is 7.04. The molecule has 0 atom stereocenters. The van der Waals surface area contributed by atoms with Gasteiger partial charge in [0, 0.05) is 32.2 Å². The molecule has 106 valence electrons. The average Bonchev–Trinajstić information content (AvgIpc) is 2.35. The molecule has 0 radical (unpaired) electrons. The number of Topliss-reactive ketones (excluding diaryl/α,β-unsaturated/α-hetero) is 2. The lowest BCUT2D eigenvalue weighted by atomic mass is 9.82. The van der Waals surface area contributed by atoms with Crippen molar-refractivity contribution < 1.29 is 24.2 Å². The molecule has 0 amide bonds. The molecule has 1 saturated carbocycles. The topological polar surface area (TPSA) is 92.7 Å². The number of hydrogen-bond donors (Lipinski definition) is 2. The molecule has 0 saturated heterocycles. The monoisotopic (exact) mass is 269 g/mol. The maximum Gasteiger partial charge on any atom is 0.307 e. The zero-order valence-corrected chi connectivity index (χ0v) is 11.2. The van der Waals surface area contributed by atoms with Gasteiger partial charge < -0.3 is 15.2 Å². The van der Waals surface area contributed by atoms with Gasteiger partial charge in [-0.25, -0.2) is 0 Å². The van der Waals surface area contributed by atoms with Gasteiger partial charge in [-0.2, -0.15) is 0 Å². The summed E-state index contributed by atoms with van der Waals surface area (Å²) in [6, 6.07) is 0. The highest BCUT2D eigenvalue weighted by molar-refractivity contribution is 6.23. The molecule has 0 aromatic carbocycles. The van der Waals surface area contributed by atoms with Crippen molar-refractivity contribution in [2.75, 3.05) is 20.3 Å². The van der Waals surface area contributed by atoms with Crippen molar-refractivity contribution in [1.82, 2.24) is 5.32 Å². The molecule has 6 heteroatoms. The fourth-order valence-corrected chi connectivity index (χ4v) is 2.08. The number of allylic oxidation sites excluding steroid dienone is 2. The van der Waals surface area contributed by atoms with E-state index < -0.39 is 11.9 Å². The number of ketones is 2. The summed E-state index contributed by atoms with van der Waals surface area (Å²) in [4.78, 5) is 34.7. The third-order valence-corrected chi connectivity index (χ3v) is 3.07. The van der Waals surface area contributed by atoms with E-state index in [1.54, 1.807) is 7.11 Å². The zero-order chi connectivity index (χ0) is 14.4. The molecule has 1 fully saturated rings. The Hall–Kier alpha value is -1.69. The zero-order valence-electron chi connectivity index (χ0n) is 11.2. The number of methoxy groups -OCH3 is 1. The Morgan fingerprint density at radius 3 is 2.37 bits per heavy atom. The van der Waals surface area contributed by atoms with Crippen molar-refractivity contribution in [3.8, 4) is 0 Å². The van der Waals surface area contributed by atoms with Gasteiger partial charge in [0.2, 0.25) is 0 Å². The van der Waals surface area contributed by atoms with Crippen LogP contribution in [0.1, 0.15) is 26.2 Å². The van der Waals surface area contributed by atoms with Crippen LogP contribution in [0.3, 0.4) is 0 Å². The predicted molar refractivity (Wildman–Crippen MR) is 67.6 cm³/mol. The first-order valence-corrected chi connectivity index (χ1v) is 6.26. The summed E-state index contributed by atoms with van der Waals surface area (Å²) in [5.74, 6) is -2.75. The van der Waals surface area contributed by atoms with Crippen LogP contribution in [0.25, 0.3) is 0 Å². The Morgan fingerprint density at radius 2 is 1.95 bits per heavy atom. The lowest BCUT2D eigenvalue weighted by molar-refractivity contribution is -0.146. The van der Waals surface area contributed by atoms with E-state index in [1.165, 1.54) is 0 Å². The number of ether oxygens (including phenoxy) is 1. The van der Waals surface area contributed by atoms with Gasteiger partial charge in [0.15, 0.2) is 11.6 Å². The molecule has 6 nitrogen and oxygen atoms in total. The molecular formula is C13H19NO5. The van der Waals surface area contributed by atoms with Crippen LogP contribution in [-0.4, -0.2) is 42.9 Å². The number of carbonyl (C=O) groups is 3. The third-order valence-electron chi connectivity index (χ3n) is 3.07. The normalized spacial score (nSPS) is 19.5. The minimum atomic E-state index is -1.09. The van der Waals surface area contributed by atoms with E-state index in [1.807, 2.05) is 6.92 Å². The first-order chi connectivity index (χ1) is 9.01. The molecule has 0 unspecified atom stereocenters. The summed E-state index contributed by atoms with van der Waals surface area (Å²) in [5, 5.41) is 11.9. The van der Waals surface area contributed by atoms with Gasteiger partial charge >= 0.3 is 5.97 Å². The van der Waals surface area contributed by atoms with Crippen molar-refractivity contribution in [2.45, 2.75) is 26.2 Å². The van der Waals surface area contributed by atoms with Crippen molar-refractivity contribution in [1.29, 1.82) is 0 Å². The van der Waals surface area contributed by atoms with Gasteiger partial charge in [-0.1, -0.05) is 6.92 Å². The summed E-state index contributed by atoms with van der Waals surface area (Å²) in [6.45, 7) is 2.81. The lowest BCUT2D eigenvalue weighted by Crippen LogP contribution is -2.34. The van der Waals surface area contributed by atoms with Crippen LogP contribution in [0.5, 0.6) is 0 Å². The van der Waals surface area contributed by atoms with Crippen LogP contribution in [0.2, 0.25) is 0 Å². The molecule has 0 heterocycles. The summed E-state index contributed by atoms with van der Waals surface area (Å²) in [7, 11) is 1.56. The molecule has 1 aliphatic carbocycles. The standard InChI is InChI=1S/C13H19NO5/c1-3-9(14-4-5-19-2)12-10(15)6-8(13(17)18)7-11(12)16/h8,14H,3-7H2,1-2H3,(H,17,18). The molecule has 0 aliphatic heterocycles. The highest BCUT2D eigenvalue weighted by atomic mass is 16.5. The van der Waals surface area contributed by atoms with E-state index in [4.69, 9.17) is 9.84 Å². The van der Waals surface area contributed by atoms with Crippen LogP contribution in [-0.2, 0) is 19.1 Å². The minimum absolute atomic E-state index is 0.105. The van der Waals surface area contributed by atoms with E-state index in [9.17, 15) is 14.4 Å². The lowest BCUT2D eigenvalue weighted by Gasteiger charge is -2.21. The van der Waals surface area contributed by atoms with Crippen LogP contribution in [0.15, 0.2) is 11.3 Å². The molecule has 0 aromatic heterocycles. The number of rotatable bonds is 6. The number of nitrogens with one attached hydrogen (secondary N) is 1. The van der Waals surface area contributed by atoms with Gasteiger partial charge in [-0.15, -0.1) is 0 Å². The fraction of sp³-hybridized carbons (Fsp3) is 0.615. The molecule has 0 spiro atoms. The molecular weight excluding hydrogens is 250 g/mol. The summed E-state index contributed by atoms with van der Waals surface area (Å²) in [5.41, 5.74) is 0.715. The molecule has 2 N–H and O–H groups in total. The minimum Gasteiger partial charge on any atom is -0.481 e. The van der Waals surface area contributed by atoms with Crippen LogP contribution in [0, 0.1) is 5.92 Å². The number of carbonyl (C=O) groups excluding carboxylic acids is 2. The highest BCUT2D eigenvalue weighted by Gasteiger charge is 2.35. The second-order valence-corrected chi connectivity index (χ2v) is 4.42. The van der Waals surface area contributed by atoms with E-state index in [0.29, 0.717) is 25.3 Å². The number of hydrogen-bond acceptors (Lipinski definition) is 5. The summed E-state index contributed by atoms with van der Waals surface area (Å²) >= 11 is 0. The smallest absolute Gasteiger partial charge is 0.307 e. The first-order valence-electron chi connectivity index (χ1n) is 6.26. The number of carboxylic acids is 1. The Balaban J connectivity index is 2.87. The Kier molecular flexibility index (Phi) is 5.69. The quantitative estimate of drug-likeness (QED) is 0.415. The van der Waals surface area contributed by atoms with Gasteiger partial charge in [-0.05, 0) is 6.42 Å². The fourth-order valence-electron chi connectivity index (χ4n) is 2.08. The van der Waals surface area contributed by atoms with Gasteiger partial charge in [0.1, 0.15) is 0 Å². The van der Waals surface area contributed by atoms with Gasteiger partial charge in [0.25, 0.3) is 0 Å². The van der Waals surface area contributed by atoms with E-state index >= 15 is 0 Å². The van der Waals surface area contributed by atoms with Crippen LogP contribution < -0.4 is 5.32 Å². The van der Waals surface area contributed by atoms with E-state index in [-0.39, 0.29) is 30.0 Å². The van der Waals surface area contributed by atoms with Crippen molar-refractivity contribution in [3.05, 3.63) is 11.3 Å². The second-order valence-electron chi connectivity index (χ2n) is 4.42. The maximum atomic E-state index is 11.9. The average molecular weight is 269 g/mol. The third kappa shape index (κ3) is 3.89. The molecule has 1 rings (SSSR count). The molecule has 19 heavy (non-hydrogen) atoms. The van der Waals surface area contributed by atoms with Crippen molar-refractivity contribution in [3.63, 3.8) is 0 Å². The SMILES string of the molecule is CCC(NCCOC)=C1C(=O)CC(C(=O)O)CC1=O. The number of carboxylic acid groups (broad SMARTS) is 1. The Bertz CT molecular complexity index is 393. The first kappa shape index (κ1) is 15.4. The van der Waals surface area contributed by atoms with Crippen molar-refractivity contribution in [2.24, 2.45) is 5.92 Å². The van der Waals surface area contributed by atoms with Crippen LogP contribution in [0.4, 0.5) is 0 Å². The Morgan fingerprint density at radius 1 is 1.37 bits per heavy atom. The van der Waals surface area contributed by atoms with Gasteiger partial charge in [0.05, 0.1) is 18.1 Å². The number of aliphatic carboxylic acids is 1. The van der Waals surface area contributed by atoms with E-state index in [0.717, 1.165) is 0 Å². The Labute approximate surface area is 111 Å². The maximum absolute atomic E-state index is 11.9. The molecule has 0 aromatic rings. The largest absolute Gasteiger partial charge is 0.481 e. The molecule has 0 bridgehead atoms. The van der Waals surface area contributed by atoms with E-state index in [2.05, 4.69) is 5.32 Å².